The Balaban J connectivity index is 2.77. The number of aliphatic hydroxyl groups is 1. The lowest BCUT2D eigenvalue weighted by Gasteiger charge is -2.14. The molecule has 1 aromatic rings. The van der Waals surface area contributed by atoms with Crippen molar-refractivity contribution in [3.8, 4) is 11.5 Å². The lowest BCUT2D eigenvalue weighted by atomic mass is 10.2. The first-order chi connectivity index (χ1) is 9.22. The van der Waals surface area contributed by atoms with Crippen LogP contribution >= 0.6 is 15.9 Å². The van der Waals surface area contributed by atoms with Crippen LogP contribution in [0, 0.1) is 0 Å². The van der Waals surface area contributed by atoms with Gasteiger partial charge < -0.3 is 19.9 Å². The molecule has 0 aliphatic carbocycles. The number of benzene rings is 1. The number of halogens is 1. The Bertz CT molecular complexity index is 385. The molecule has 0 saturated heterocycles. The van der Waals surface area contributed by atoms with Crippen molar-refractivity contribution in [1.82, 2.24) is 5.32 Å². The van der Waals surface area contributed by atoms with Crippen LogP contribution in [-0.2, 0) is 6.54 Å². The molecule has 2 N–H and O–H groups in total. The van der Waals surface area contributed by atoms with E-state index in [2.05, 4.69) is 21.2 Å². The van der Waals surface area contributed by atoms with E-state index >= 15 is 0 Å². The molecule has 0 bridgehead atoms. The normalized spacial score (nSPS) is 10.5. The van der Waals surface area contributed by atoms with E-state index in [4.69, 9.17) is 14.6 Å². The van der Waals surface area contributed by atoms with Gasteiger partial charge in [-0.15, -0.1) is 0 Å². The van der Waals surface area contributed by atoms with Gasteiger partial charge in [-0.2, -0.15) is 0 Å². The molecule has 0 aromatic heterocycles. The number of rotatable bonds is 9. The van der Waals surface area contributed by atoms with Gasteiger partial charge in [0.1, 0.15) is 0 Å². The highest BCUT2D eigenvalue weighted by Crippen LogP contribution is 2.36. The first-order valence-corrected chi connectivity index (χ1v) is 7.41. The molecule has 0 aliphatic rings. The zero-order valence-corrected chi connectivity index (χ0v) is 13.1. The Hall–Kier alpha value is -0.780. The van der Waals surface area contributed by atoms with Crippen LogP contribution in [0.3, 0.4) is 0 Å². The van der Waals surface area contributed by atoms with Gasteiger partial charge in [-0.25, -0.2) is 0 Å². The van der Waals surface area contributed by atoms with Crippen molar-refractivity contribution in [2.45, 2.75) is 26.8 Å². The van der Waals surface area contributed by atoms with Crippen LogP contribution in [0.5, 0.6) is 11.5 Å². The maximum Gasteiger partial charge on any atom is 0.175 e. The van der Waals surface area contributed by atoms with E-state index in [1.54, 1.807) is 0 Å². The average Bonchev–Trinajstić information content (AvgIpc) is 2.39. The van der Waals surface area contributed by atoms with Gasteiger partial charge in [0.2, 0.25) is 0 Å². The van der Waals surface area contributed by atoms with Crippen LogP contribution < -0.4 is 14.8 Å². The quantitative estimate of drug-likeness (QED) is 0.683. The monoisotopic (exact) mass is 331 g/mol. The second kappa shape index (κ2) is 9.18. The van der Waals surface area contributed by atoms with Crippen LogP contribution in [0.2, 0.25) is 0 Å². The molecule has 19 heavy (non-hydrogen) atoms. The predicted molar refractivity (Wildman–Crippen MR) is 79.9 cm³/mol. The molecule has 0 saturated carbocycles. The minimum absolute atomic E-state index is 0.212. The number of ether oxygens (including phenoxy) is 2. The highest BCUT2D eigenvalue weighted by molar-refractivity contribution is 9.10. The molecule has 4 nitrogen and oxygen atoms in total. The van der Waals surface area contributed by atoms with E-state index in [9.17, 15) is 0 Å². The Morgan fingerprint density at radius 3 is 2.58 bits per heavy atom. The molecule has 5 heteroatoms. The van der Waals surface area contributed by atoms with Crippen molar-refractivity contribution < 1.29 is 14.6 Å². The third-order valence-corrected chi connectivity index (χ3v) is 3.09. The first-order valence-electron chi connectivity index (χ1n) is 6.62. The lowest BCUT2D eigenvalue weighted by molar-refractivity contribution is 0.284. The molecule has 0 heterocycles. The molecular weight excluding hydrogens is 310 g/mol. The summed E-state index contributed by atoms with van der Waals surface area (Å²) in [7, 11) is 0. The molecule has 0 unspecified atom stereocenters. The van der Waals surface area contributed by atoms with Crippen molar-refractivity contribution in [2.24, 2.45) is 0 Å². The van der Waals surface area contributed by atoms with Crippen molar-refractivity contribution in [3.05, 3.63) is 22.2 Å². The van der Waals surface area contributed by atoms with Gasteiger partial charge in [-0.1, -0.05) is 0 Å². The maximum atomic E-state index is 8.73. The highest BCUT2D eigenvalue weighted by Gasteiger charge is 2.11. The highest BCUT2D eigenvalue weighted by atomic mass is 79.9. The van der Waals surface area contributed by atoms with Gasteiger partial charge in [0.05, 0.1) is 17.7 Å². The van der Waals surface area contributed by atoms with Gasteiger partial charge in [0, 0.05) is 13.2 Å². The van der Waals surface area contributed by atoms with Crippen LogP contribution in [-0.4, -0.2) is 31.5 Å². The van der Waals surface area contributed by atoms with Crippen LogP contribution in [0.15, 0.2) is 16.6 Å². The van der Waals surface area contributed by atoms with Gasteiger partial charge in [0.25, 0.3) is 0 Å². The fourth-order valence-electron chi connectivity index (χ4n) is 1.71. The molecule has 0 atom stereocenters. The SMILES string of the molecule is CCOc1cc(CNCCCO)cc(Br)c1OCC. The standard InChI is InChI=1S/C14H22BrNO3/c1-3-18-13-9-11(10-16-6-5-7-17)8-12(15)14(13)19-4-2/h8-9,16-17H,3-7,10H2,1-2H3. The molecule has 0 aliphatic heterocycles. The van der Waals surface area contributed by atoms with Crippen molar-refractivity contribution in [2.75, 3.05) is 26.4 Å². The largest absolute Gasteiger partial charge is 0.490 e. The minimum Gasteiger partial charge on any atom is -0.490 e. The third-order valence-electron chi connectivity index (χ3n) is 2.50. The van der Waals surface area contributed by atoms with Crippen LogP contribution in [0.25, 0.3) is 0 Å². The third kappa shape index (κ3) is 5.38. The Labute approximate surface area is 123 Å². The second-order valence-corrected chi connectivity index (χ2v) is 4.88. The molecular formula is C14H22BrNO3. The average molecular weight is 332 g/mol. The van der Waals surface area contributed by atoms with E-state index in [1.807, 2.05) is 26.0 Å². The summed E-state index contributed by atoms with van der Waals surface area (Å²) in [4.78, 5) is 0. The first kappa shape index (κ1) is 16.3. The second-order valence-electron chi connectivity index (χ2n) is 4.02. The summed E-state index contributed by atoms with van der Waals surface area (Å²) in [6, 6.07) is 4.02. The van der Waals surface area contributed by atoms with E-state index in [0.29, 0.717) is 13.2 Å². The van der Waals surface area contributed by atoms with Crippen molar-refractivity contribution >= 4 is 15.9 Å². The fraction of sp³-hybridized carbons (Fsp3) is 0.571. The summed E-state index contributed by atoms with van der Waals surface area (Å²) in [5.74, 6) is 1.51. The fourth-order valence-corrected chi connectivity index (χ4v) is 2.31. The van der Waals surface area contributed by atoms with Gasteiger partial charge in [-0.3, -0.25) is 0 Å². The molecule has 0 amide bonds. The summed E-state index contributed by atoms with van der Waals surface area (Å²) < 4.78 is 12.1. The molecule has 0 spiro atoms. The number of hydrogen-bond donors (Lipinski definition) is 2. The molecule has 1 rings (SSSR count). The molecule has 0 fully saturated rings. The van der Waals surface area contributed by atoms with Crippen LogP contribution in [0.4, 0.5) is 0 Å². The van der Waals surface area contributed by atoms with E-state index in [-0.39, 0.29) is 6.61 Å². The van der Waals surface area contributed by atoms with Crippen molar-refractivity contribution in [1.29, 1.82) is 0 Å². The summed E-state index contributed by atoms with van der Waals surface area (Å²) in [6.07, 6.45) is 0.760. The Kier molecular flexibility index (Phi) is 7.86. The molecule has 108 valence electrons. The predicted octanol–water partition coefficient (Wildman–Crippen LogP) is 2.72. The number of hydrogen-bond acceptors (Lipinski definition) is 4. The minimum atomic E-state index is 0.212. The molecule has 0 radical (unpaired) electrons. The summed E-state index contributed by atoms with van der Waals surface area (Å²) in [5, 5.41) is 12.0. The lowest BCUT2D eigenvalue weighted by Crippen LogP contribution is -2.15. The topological polar surface area (TPSA) is 50.7 Å². The summed E-state index contributed by atoms with van der Waals surface area (Å²) in [5.41, 5.74) is 1.12. The Morgan fingerprint density at radius 2 is 1.95 bits per heavy atom. The van der Waals surface area contributed by atoms with Gasteiger partial charge >= 0.3 is 0 Å². The van der Waals surface area contributed by atoms with E-state index in [1.165, 1.54) is 0 Å². The smallest absolute Gasteiger partial charge is 0.175 e. The summed E-state index contributed by atoms with van der Waals surface area (Å²) in [6.45, 7) is 6.86. The van der Waals surface area contributed by atoms with Gasteiger partial charge in [-0.05, 0) is 60.4 Å². The van der Waals surface area contributed by atoms with Crippen LogP contribution in [0.1, 0.15) is 25.8 Å². The molecule has 1 aromatic carbocycles. The zero-order chi connectivity index (χ0) is 14.1. The van der Waals surface area contributed by atoms with Crippen molar-refractivity contribution in [3.63, 3.8) is 0 Å². The Morgan fingerprint density at radius 1 is 1.21 bits per heavy atom. The maximum absolute atomic E-state index is 8.73. The summed E-state index contributed by atoms with van der Waals surface area (Å²) >= 11 is 3.52. The number of aliphatic hydroxyl groups excluding tert-OH is 1. The number of nitrogens with one attached hydrogen (secondary N) is 1. The van der Waals surface area contributed by atoms with Gasteiger partial charge in [0.15, 0.2) is 11.5 Å². The zero-order valence-electron chi connectivity index (χ0n) is 11.5. The van der Waals surface area contributed by atoms with E-state index in [0.717, 1.165) is 41.0 Å². The van der Waals surface area contributed by atoms with E-state index < -0.39 is 0 Å².